The van der Waals surface area contributed by atoms with Gasteiger partial charge in [-0.05, 0) is 43.5 Å². The molecule has 29 heavy (non-hydrogen) atoms. The Morgan fingerprint density at radius 3 is 2.79 bits per heavy atom. The lowest BCUT2D eigenvalue weighted by atomic mass is 10.1. The fraction of sp³-hybridized carbons (Fsp3) is 0.364. The zero-order valence-corrected chi connectivity index (χ0v) is 16.6. The van der Waals surface area contributed by atoms with Crippen LogP contribution in [0.15, 0.2) is 47.7 Å². The number of aryl methyl sites for hydroxylation is 2. The summed E-state index contributed by atoms with van der Waals surface area (Å²) in [5.41, 5.74) is 3.47. The van der Waals surface area contributed by atoms with Crippen molar-refractivity contribution in [3.8, 4) is 17.0 Å². The Balaban J connectivity index is 1.50. The van der Waals surface area contributed by atoms with Crippen LogP contribution in [0.3, 0.4) is 0 Å². The van der Waals surface area contributed by atoms with Crippen molar-refractivity contribution in [1.29, 1.82) is 0 Å². The summed E-state index contributed by atoms with van der Waals surface area (Å²) in [5, 5.41) is 9.05. The second kappa shape index (κ2) is 8.13. The van der Waals surface area contributed by atoms with E-state index in [0.717, 1.165) is 17.7 Å². The summed E-state index contributed by atoms with van der Waals surface area (Å²) in [5.74, 6) is 1.93. The highest BCUT2D eigenvalue weighted by molar-refractivity contribution is 5.67. The highest BCUT2D eigenvalue weighted by atomic mass is 16.5. The molecule has 0 saturated heterocycles. The number of hydrogen-bond donors (Lipinski definition) is 1. The molecule has 0 radical (unpaired) electrons. The van der Waals surface area contributed by atoms with Crippen molar-refractivity contribution in [2.24, 2.45) is 5.92 Å². The summed E-state index contributed by atoms with van der Waals surface area (Å²) >= 11 is 0. The third-order valence-corrected chi connectivity index (χ3v) is 5.19. The topological polar surface area (TPSA) is 90.1 Å². The molecule has 1 N–H and O–H groups in total. The van der Waals surface area contributed by atoms with Gasteiger partial charge in [-0.3, -0.25) is 9.78 Å². The first-order valence-electron chi connectivity index (χ1n) is 9.76. The van der Waals surface area contributed by atoms with Gasteiger partial charge in [0.1, 0.15) is 5.82 Å². The van der Waals surface area contributed by atoms with Gasteiger partial charge in [-0.1, -0.05) is 6.07 Å². The number of aliphatic hydroxyl groups is 1. The molecule has 3 heterocycles. The SMILES string of the molecule is Cc1ccc([C@H]2C[C@@H]2COc2nc(C)ncc2-c2ccn(CCO)c(=O)c2)nc1. The van der Waals surface area contributed by atoms with Gasteiger partial charge in [0.2, 0.25) is 5.88 Å². The fourth-order valence-electron chi connectivity index (χ4n) is 3.40. The van der Waals surface area contributed by atoms with Crippen LogP contribution in [0, 0.1) is 19.8 Å². The molecule has 3 aromatic rings. The van der Waals surface area contributed by atoms with Crippen molar-refractivity contribution in [2.75, 3.05) is 13.2 Å². The number of hydrogen-bond acceptors (Lipinski definition) is 6. The zero-order valence-electron chi connectivity index (χ0n) is 16.6. The highest BCUT2D eigenvalue weighted by Crippen LogP contribution is 2.47. The lowest BCUT2D eigenvalue weighted by Gasteiger charge is -2.12. The van der Waals surface area contributed by atoms with Gasteiger partial charge in [0, 0.05) is 48.7 Å². The molecule has 1 aliphatic carbocycles. The smallest absolute Gasteiger partial charge is 0.251 e. The van der Waals surface area contributed by atoms with E-state index >= 15 is 0 Å². The Hall–Kier alpha value is -3.06. The highest BCUT2D eigenvalue weighted by Gasteiger charge is 2.40. The molecular weight excluding hydrogens is 368 g/mol. The van der Waals surface area contributed by atoms with E-state index in [1.165, 1.54) is 10.6 Å². The van der Waals surface area contributed by atoms with Crippen LogP contribution in [0.4, 0.5) is 0 Å². The second-order valence-electron chi connectivity index (χ2n) is 7.48. The van der Waals surface area contributed by atoms with Gasteiger partial charge in [-0.25, -0.2) is 4.98 Å². The van der Waals surface area contributed by atoms with Crippen LogP contribution in [0.5, 0.6) is 5.88 Å². The van der Waals surface area contributed by atoms with E-state index in [-0.39, 0.29) is 18.7 Å². The number of pyridine rings is 2. The van der Waals surface area contributed by atoms with Crippen molar-refractivity contribution in [3.05, 3.63) is 70.3 Å². The second-order valence-corrected chi connectivity index (χ2v) is 7.48. The molecule has 4 rings (SSSR count). The average Bonchev–Trinajstić information content (AvgIpc) is 3.48. The molecule has 0 bridgehead atoms. The summed E-state index contributed by atoms with van der Waals surface area (Å²) in [7, 11) is 0. The van der Waals surface area contributed by atoms with Gasteiger partial charge >= 0.3 is 0 Å². The molecule has 1 saturated carbocycles. The Kier molecular flexibility index (Phi) is 5.40. The summed E-state index contributed by atoms with van der Waals surface area (Å²) < 4.78 is 7.52. The van der Waals surface area contributed by atoms with E-state index < -0.39 is 0 Å². The van der Waals surface area contributed by atoms with Gasteiger partial charge in [-0.15, -0.1) is 0 Å². The average molecular weight is 392 g/mol. The Morgan fingerprint density at radius 2 is 2.07 bits per heavy atom. The van der Waals surface area contributed by atoms with Crippen LogP contribution < -0.4 is 10.3 Å². The van der Waals surface area contributed by atoms with Crippen LogP contribution in [-0.4, -0.2) is 37.8 Å². The maximum atomic E-state index is 12.2. The quantitative estimate of drug-likeness (QED) is 0.664. The summed E-state index contributed by atoms with van der Waals surface area (Å²) in [6.45, 7) is 4.57. The maximum Gasteiger partial charge on any atom is 0.251 e. The van der Waals surface area contributed by atoms with Gasteiger partial charge in [-0.2, -0.15) is 4.98 Å². The molecule has 0 unspecified atom stereocenters. The summed E-state index contributed by atoms with van der Waals surface area (Å²) in [6.07, 6.45) is 6.30. The standard InChI is InChI=1S/C22H24N4O3/c1-14-3-4-20(24-11-14)18-9-17(18)13-29-22-19(12-23-15(2)25-22)16-5-6-26(7-8-27)21(28)10-16/h3-6,10-12,17-18,27H,7-9,13H2,1-2H3/t17-,18+/m1/s1. The van der Waals surface area contributed by atoms with E-state index in [9.17, 15) is 4.79 Å². The van der Waals surface area contributed by atoms with Gasteiger partial charge < -0.3 is 14.4 Å². The lowest BCUT2D eigenvalue weighted by molar-refractivity contribution is 0.274. The number of nitrogens with zero attached hydrogens (tertiary/aromatic N) is 4. The molecule has 7 heteroatoms. The molecule has 0 amide bonds. The normalized spacial score (nSPS) is 17.9. The van der Waals surface area contributed by atoms with Crippen molar-refractivity contribution in [2.45, 2.75) is 32.7 Å². The molecule has 1 fully saturated rings. The van der Waals surface area contributed by atoms with E-state index in [4.69, 9.17) is 9.84 Å². The molecule has 0 aromatic carbocycles. The molecule has 2 atom stereocenters. The van der Waals surface area contributed by atoms with Crippen molar-refractivity contribution >= 4 is 0 Å². The third-order valence-electron chi connectivity index (χ3n) is 5.19. The van der Waals surface area contributed by atoms with Crippen molar-refractivity contribution < 1.29 is 9.84 Å². The van der Waals surface area contributed by atoms with E-state index in [1.807, 2.05) is 26.1 Å². The Morgan fingerprint density at radius 1 is 1.21 bits per heavy atom. The molecule has 3 aromatic heterocycles. The monoisotopic (exact) mass is 392 g/mol. The van der Waals surface area contributed by atoms with Gasteiger partial charge in [0.25, 0.3) is 5.56 Å². The minimum Gasteiger partial charge on any atom is -0.477 e. The van der Waals surface area contributed by atoms with E-state index in [0.29, 0.717) is 41.3 Å². The Bertz CT molecular complexity index is 1060. The van der Waals surface area contributed by atoms with E-state index in [1.54, 1.807) is 12.4 Å². The first-order chi connectivity index (χ1) is 14.0. The lowest BCUT2D eigenvalue weighted by Crippen LogP contribution is -2.20. The minimum absolute atomic E-state index is 0.0837. The summed E-state index contributed by atoms with van der Waals surface area (Å²) in [6, 6.07) is 7.51. The first kappa shape index (κ1) is 19.3. The molecule has 1 aliphatic rings. The van der Waals surface area contributed by atoms with Gasteiger partial charge in [0.15, 0.2) is 0 Å². The molecule has 150 valence electrons. The predicted molar refractivity (Wildman–Crippen MR) is 109 cm³/mol. The first-order valence-corrected chi connectivity index (χ1v) is 9.76. The van der Waals surface area contributed by atoms with Gasteiger partial charge in [0.05, 0.1) is 18.8 Å². The number of aromatic nitrogens is 4. The Labute approximate surface area is 169 Å². The van der Waals surface area contributed by atoms with Crippen LogP contribution >= 0.6 is 0 Å². The molecule has 7 nitrogen and oxygen atoms in total. The zero-order chi connectivity index (χ0) is 20.4. The third kappa shape index (κ3) is 4.35. The molecule has 0 aliphatic heterocycles. The predicted octanol–water partition coefficient (Wildman–Crippen LogP) is 2.49. The van der Waals surface area contributed by atoms with Crippen molar-refractivity contribution in [3.63, 3.8) is 0 Å². The van der Waals surface area contributed by atoms with Crippen LogP contribution in [0.1, 0.15) is 29.4 Å². The van der Waals surface area contributed by atoms with Crippen LogP contribution in [0.25, 0.3) is 11.1 Å². The summed E-state index contributed by atoms with van der Waals surface area (Å²) in [4.78, 5) is 25.5. The largest absolute Gasteiger partial charge is 0.477 e. The fourth-order valence-corrected chi connectivity index (χ4v) is 3.40. The van der Waals surface area contributed by atoms with E-state index in [2.05, 4.69) is 27.1 Å². The molecular formula is C22H24N4O3. The maximum absolute atomic E-state index is 12.2. The van der Waals surface area contributed by atoms with Crippen molar-refractivity contribution in [1.82, 2.24) is 19.5 Å². The number of rotatable bonds is 7. The van der Waals surface area contributed by atoms with Crippen LogP contribution in [0.2, 0.25) is 0 Å². The molecule has 0 spiro atoms. The van der Waals surface area contributed by atoms with Crippen LogP contribution in [-0.2, 0) is 6.54 Å². The number of ether oxygens (including phenoxy) is 1. The number of aliphatic hydroxyl groups excluding tert-OH is 1. The minimum atomic E-state index is -0.184.